The van der Waals surface area contributed by atoms with Gasteiger partial charge in [-0.3, -0.25) is 4.79 Å². The van der Waals surface area contributed by atoms with Gasteiger partial charge in [-0.1, -0.05) is 30.9 Å². The Morgan fingerprint density at radius 2 is 1.85 bits per heavy atom. The molecule has 3 heteroatoms. The Morgan fingerprint density at radius 1 is 1.19 bits per heavy atom. The summed E-state index contributed by atoms with van der Waals surface area (Å²) in [6.45, 7) is 2.54. The molecule has 0 radical (unpaired) electrons. The van der Waals surface area contributed by atoms with Gasteiger partial charge >= 0.3 is 5.97 Å². The fraction of sp³-hybridized carbons (Fsp3) is 0.609. The SMILES string of the molecule is CC#CC(CC(=O)O)c1ccc(OCC2CCC3(CCCC3)CC2)cc1. The smallest absolute Gasteiger partial charge is 0.304 e. The standard InChI is InChI=1S/C23H30O3/c1-2-5-20(16-22(24)25)19-6-8-21(9-7-19)26-17-18-10-14-23(15-11-18)12-3-4-13-23/h6-9,18,20H,3-4,10-17H2,1H3,(H,24,25). The van der Waals surface area contributed by atoms with Crippen molar-refractivity contribution in [3.05, 3.63) is 29.8 Å². The minimum atomic E-state index is -0.824. The quantitative estimate of drug-likeness (QED) is 0.696. The number of hydrogen-bond donors (Lipinski definition) is 1. The van der Waals surface area contributed by atoms with E-state index in [1.54, 1.807) is 6.92 Å². The zero-order valence-electron chi connectivity index (χ0n) is 15.8. The number of carboxylic acid groups (broad SMARTS) is 1. The molecule has 140 valence electrons. The third-order valence-corrected chi connectivity index (χ3v) is 6.30. The highest BCUT2D eigenvalue weighted by Gasteiger charge is 2.37. The first-order valence-electron chi connectivity index (χ1n) is 9.97. The zero-order chi connectivity index (χ0) is 18.4. The van der Waals surface area contributed by atoms with E-state index < -0.39 is 5.97 Å². The van der Waals surface area contributed by atoms with Crippen LogP contribution in [0, 0.1) is 23.2 Å². The van der Waals surface area contributed by atoms with E-state index in [-0.39, 0.29) is 12.3 Å². The van der Waals surface area contributed by atoms with Crippen molar-refractivity contribution in [3.63, 3.8) is 0 Å². The number of aliphatic carboxylic acids is 1. The van der Waals surface area contributed by atoms with E-state index in [4.69, 9.17) is 9.84 Å². The molecule has 2 aliphatic carbocycles. The van der Waals surface area contributed by atoms with Crippen molar-refractivity contribution in [1.29, 1.82) is 0 Å². The van der Waals surface area contributed by atoms with Crippen molar-refractivity contribution in [3.8, 4) is 17.6 Å². The highest BCUT2D eigenvalue weighted by molar-refractivity contribution is 5.69. The van der Waals surface area contributed by atoms with Crippen molar-refractivity contribution in [2.24, 2.45) is 11.3 Å². The van der Waals surface area contributed by atoms with Crippen LogP contribution >= 0.6 is 0 Å². The number of benzene rings is 1. The molecule has 0 amide bonds. The molecule has 2 fully saturated rings. The van der Waals surface area contributed by atoms with Gasteiger partial charge in [-0.05, 0) is 74.5 Å². The molecule has 2 saturated carbocycles. The van der Waals surface area contributed by atoms with E-state index in [0.717, 1.165) is 17.9 Å². The molecule has 1 atom stereocenters. The van der Waals surface area contributed by atoms with Gasteiger partial charge < -0.3 is 9.84 Å². The molecule has 0 saturated heterocycles. The normalized spacial score (nSPS) is 20.3. The van der Waals surface area contributed by atoms with Crippen LogP contribution in [0.15, 0.2) is 24.3 Å². The summed E-state index contributed by atoms with van der Waals surface area (Å²) >= 11 is 0. The summed E-state index contributed by atoms with van der Waals surface area (Å²) in [6, 6.07) is 7.79. The predicted octanol–water partition coefficient (Wildman–Crippen LogP) is 5.40. The number of ether oxygens (including phenoxy) is 1. The minimum absolute atomic E-state index is 0.0326. The van der Waals surface area contributed by atoms with Crippen LogP contribution in [-0.2, 0) is 4.79 Å². The van der Waals surface area contributed by atoms with Crippen molar-refractivity contribution in [2.75, 3.05) is 6.61 Å². The van der Waals surface area contributed by atoms with Gasteiger partial charge in [-0.15, -0.1) is 5.92 Å². The van der Waals surface area contributed by atoms with Crippen molar-refractivity contribution in [1.82, 2.24) is 0 Å². The van der Waals surface area contributed by atoms with Crippen molar-refractivity contribution < 1.29 is 14.6 Å². The molecule has 1 N–H and O–H groups in total. The van der Waals surface area contributed by atoms with Gasteiger partial charge in [-0.25, -0.2) is 0 Å². The van der Waals surface area contributed by atoms with Gasteiger partial charge in [0, 0.05) is 0 Å². The molecular weight excluding hydrogens is 324 g/mol. The van der Waals surface area contributed by atoms with Crippen molar-refractivity contribution in [2.45, 2.75) is 70.6 Å². The Bertz CT molecular complexity index is 649. The average molecular weight is 354 g/mol. The summed E-state index contributed by atoms with van der Waals surface area (Å²) in [6.07, 6.45) is 11.1. The molecule has 1 aromatic carbocycles. The molecule has 0 heterocycles. The molecule has 1 unspecified atom stereocenters. The molecule has 1 spiro atoms. The monoisotopic (exact) mass is 354 g/mol. The van der Waals surface area contributed by atoms with E-state index in [1.165, 1.54) is 51.4 Å². The maximum atomic E-state index is 11.0. The first-order chi connectivity index (χ1) is 12.6. The number of carbonyl (C=O) groups is 1. The summed E-state index contributed by atoms with van der Waals surface area (Å²) in [7, 11) is 0. The second-order valence-electron chi connectivity index (χ2n) is 8.08. The lowest BCUT2D eigenvalue weighted by molar-refractivity contribution is -0.137. The Balaban J connectivity index is 1.49. The van der Waals surface area contributed by atoms with Gasteiger partial charge in [0.15, 0.2) is 0 Å². The maximum absolute atomic E-state index is 11.0. The van der Waals surface area contributed by atoms with E-state index in [0.29, 0.717) is 11.3 Å². The molecule has 3 rings (SSSR count). The lowest BCUT2D eigenvalue weighted by Crippen LogP contribution is -2.27. The van der Waals surface area contributed by atoms with Crippen molar-refractivity contribution >= 4 is 5.97 Å². The second-order valence-corrected chi connectivity index (χ2v) is 8.08. The molecular formula is C23H30O3. The van der Waals surface area contributed by atoms with Crippen LogP contribution in [-0.4, -0.2) is 17.7 Å². The zero-order valence-corrected chi connectivity index (χ0v) is 15.8. The molecule has 2 aliphatic rings. The van der Waals surface area contributed by atoms with Gasteiger partial charge in [0.2, 0.25) is 0 Å². The minimum Gasteiger partial charge on any atom is -0.493 e. The summed E-state index contributed by atoms with van der Waals surface area (Å²) in [5, 5.41) is 9.04. The van der Waals surface area contributed by atoms with Crippen LogP contribution in [0.25, 0.3) is 0 Å². The Kier molecular flexibility index (Phi) is 6.25. The molecule has 0 bridgehead atoms. The van der Waals surface area contributed by atoms with E-state index >= 15 is 0 Å². The second kappa shape index (κ2) is 8.62. The molecule has 0 aromatic heterocycles. The van der Waals surface area contributed by atoms with Crippen LogP contribution in [0.2, 0.25) is 0 Å². The molecule has 3 nitrogen and oxygen atoms in total. The Labute approximate surface area is 157 Å². The third kappa shape index (κ3) is 4.81. The summed E-state index contributed by atoms with van der Waals surface area (Å²) < 4.78 is 6.02. The number of rotatable bonds is 6. The van der Waals surface area contributed by atoms with Crippen LogP contribution in [0.4, 0.5) is 0 Å². The first-order valence-corrected chi connectivity index (χ1v) is 9.97. The predicted molar refractivity (Wildman–Crippen MR) is 103 cm³/mol. The van der Waals surface area contributed by atoms with Crippen LogP contribution in [0.1, 0.15) is 76.2 Å². The van der Waals surface area contributed by atoms with Crippen LogP contribution in [0.3, 0.4) is 0 Å². The highest BCUT2D eigenvalue weighted by Crippen LogP contribution is 2.50. The van der Waals surface area contributed by atoms with Gasteiger partial charge in [0.25, 0.3) is 0 Å². The lowest BCUT2D eigenvalue weighted by atomic mass is 9.69. The average Bonchev–Trinajstić information content (AvgIpc) is 3.09. The van der Waals surface area contributed by atoms with Crippen LogP contribution in [0.5, 0.6) is 5.75 Å². The molecule has 0 aliphatic heterocycles. The number of carboxylic acids is 1. The number of hydrogen-bond acceptors (Lipinski definition) is 2. The Morgan fingerprint density at radius 3 is 2.42 bits per heavy atom. The molecule has 1 aromatic rings. The van der Waals surface area contributed by atoms with E-state index in [1.807, 2.05) is 24.3 Å². The topological polar surface area (TPSA) is 46.5 Å². The largest absolute Gasteiger partial charge is 0.493 e. The Hall–Kier alpha value is -1.95. The summed E-state index contributed by atoms with van der Waals surface area (Å²) in [5.74, 6) is 6.28. The van der Waals surface area contributed by atoms with E-state index in [9.17, 15) is 4.79 Å². The molecule has 26 heavy (non-hydrogen) atoms. The fourth-order valence-corrected chi connectivity index (χ4v) is 4.69. The van der Waals surface area contributed by atoms with E-state index in [2.05, 4.69) is 11.8 Å². The van der Waals surface area contributed by atoms with Gasteiger partial charge in [0.1, 0.15) is 5.75 Å². The van der Waals surface area contributed by atoms with Gasteiger partial charge in [0.05, 0.1) is 18.9 Å². The van der Waals surface area contributed by atoms with Gasteiger partial charge in [-0.2, -0.15) is 0 Å². The maximum Gasteiger partial charge on any atom is 0.304 e. The van der Waals surface area contributed by atoms with Crippen LogP contribution < -0.4 is 4.74 Å². The summed E-state index contributed by atoms with van der Waals surface area (Å²) in [4.78, 5) is 11.0. The lowest BCUT2D eigenvalue weighted by Gasteiger charge is -2.37. The highest BCUT2D eigenvalue weighted by atomic mass is 16.5. The third-order valence-electron chi connectivity index (χ3n) is 6.30. The fourth-order valence-electron chi connectivity index (χ4n) is 4.69. The first kappa shape index (κ1) is 18.8. The summed E-state index contributed by atoms with van der Waals surface area (Å²) in [5.41, 5.74) is 1.62.